The van der Waals surface area contributed by atoms with Crippen LogP contribution < -0.4 is 0 Å². The molecule has 29 heavy (non-hydrogen) atoms. The second kappa shape index (κ2) is 8.16. The molecule has 2 saturated heterocycles. The number of pyridine rings is 1. The minimum absolute atomic E-state index is 0.0715. The molecule has 7 heteroatoms. The van der Waals surface area contributed by atoms with E-state index in [1.54, 1.807) is 36.1 Å². The molecule has 0 unspecified atom stereocenters. The third-order valence-corrected chi connectivity index (χ3v) is 6.86. The number of hydrogen-bond donors (Lipinski definition) is 0. The number of aromatic nitrogens is 1. The zero-order valence-corrected chi connectivity index (χ0v) is 17.7. The molecule has 152 valence electrons. The molecule has 0 atom stereocenters. The quantitative estimate of drug-likeness (QED) is 0.560. The molecular weight excluding hydrogens is 384 g/mol. The number of rotatable bonds is 5. The fourth-order valence-electron chi connectivity index (χ4n) is 4.28. The largest absolute Gasteiger partial charge is 0.327 e. The van der Waals surface area contributed by atoms with Gasteiger partial charge in [-0.2, -0.15) is 0 Å². The van der Waals surface area contributed by atoms with Crippen molar-refractivity contribution in [2.75, 3.05) is 26.4 Å². The van der Waals surface area contributed by atoms with E-state index < -0.39 is 5.54 Å². The van der Waals surface area contributed by atoms with Gasteiger partial charge in [-0.3, -0.25) is 19.6 Å². The monoisotopic (exact) mass is 410 g/mol. The van der Waals surface area contributed by atoms with Crippen LogP contribution in [-0.4, -0.2) is 63.6 Å². The Labute approximate surface area is 175 Å². The Bertz CT molecular complexity index is 879. The van der Waals surface area contributed by atoms with Crippen LogP contribution in [0.3, 0.4) is 0 Å². The van der Waals surface area contributed by atoms with Crippen molar-refractivity contribution in [2.45, 2.75) is 36.4 Å². The third kappa shape index (κ3) is 3.76. The number of likely N-dealkylation sites (tertiary alicyclic amines) is 1. The highest BCUT2D eigenvalue weighted by Crippen LogP contribution is 2.37. The summed E-state index contributed by atoms with van der Waals surface area (Å²) in [7, 11) is 1.76. The lowest BCUT2D eigenvalue weighted by Crippen LogP contribution is -2.55. The summed E-state index contributed by atoms with van der Waals surface area (Å²) in [4.78, 5) is 36.9. The molecule has 1 spiro atoms. The summed E-state index contributed by atoms with van der Waals surface area (Å²) >= 11 is 1.74. The summed E-state index contributed by atoms with van der Waals surface area (Å²) in [5, 5.41) is 0. The minimum Gasteiger partial charge on any atom is -0.312 e. The van der Waals surface area contributed by atoms with Gasteiger partial charge in [0.05, 0.1) is 6.54 Å². The van der Waals surface area contributed by atoms with Crippen LogP contribution in [0.1, 0.15) is 24.0 Å². The summed E-state index contributed by atoms with van der Waals surface area (Å²) in [6.45, 7) is 2.75. The van der Waals surface area contributed by atoms with Gasteiger partial charge in [-0.1, -0.05) is 18.2 Å². The maximum atomic E-state index is 13.3. The number of thioether (sulfide) groups is 1. The molecule has 3 heterocycles. The first-order valence-electron chi connectivity index (χ1n) is 9.87. The maximum absolute atomic E-state index is 13.3. The number of urea groups is 1. The van der Waals surface area contributed by atoms with E-state index in [4.69, 9.17) is 0 Å². The number of likely N-dealkylation sites (N-methyl/N-ethyl adjacent to an activating group) is 1. The standard InChI is InChI=1S/C22H26N4O2S/c1-24-21(28)26(16-18-4-3-11-23-14-18)20(27)22(24)9-12-25(13-10-22)15-17-5-7-19(29-2)8-6-17/h3-8,11,14H,9-10,12-13,15-16H2,1-2H3. The van der Waals surface area contributed by atoms with Crippen LogP contribution in [-0.2, 0) is 17.9 Å². The van der Waals surface area contributed by atoms with Crippen molar-refractivity contribution in [3.05, 3.63) is 59.9 Å². The van der Waals surface area contributed by atoms with Gasteiger partial charge in [-0.05, 0) is 48.4 Å². The summed E-state index contributed by atoms with van der Waals surface area (Å²) in [5.74, 6) is -0.0715. The zero-order chi connectivity index (χ0) is 20.4. The Balaban J connectivity index is 1.42. The average molecular weight is 411 g/mol. The minimum atomic E-state index is -0.710. The van der Waals surface area contributed by atoms with Crippen molar-refractivity contribution in [3.63, 3.8) is 0 Å². The van der Waals surface area contributed by atoms with Gasteiger partial charge in [0.25, 0.3) is 5.91 Å². The third-order valence-electron chi connectivity index (χ3n) is 6.12. The first-order chi connectivity index (χ1) is 14.0. The number of carbonyl (C=O) groups excluding carboxylic acids is 2. The molecule has 4 rings (SSSR count). The van der Waals surface area contributed by atoms with E-state index in [1.165, 1.54) is 15.4 Å². The predicted octanol–water partition coefficient (Wildman–Crippen LogP) is 3.23. The van der Waals surface area contributed by atoms with Crippen LogP contribution >= 0.6 is 11.8 Å². The zero-order valence-electron chi connectivity index (χ0n) is 16.9. The number of benzene rings is 1. The van der Waals surface area contributed by atoms with E-state index in [2.05, 4.69) is 40.4 Å². The van der Waals surface area contributed by atoms with E-state index in [-0.39, 0.29) is 18.5 Å². The fourth-order valence-corrected chi connectivity index (χ4v) is 4.69. The van der Waals surface area contributed by atoms with E-state index in [0.717, 1.165) is 25.2 Å². The Morgan fingerprint density at radius 1 is 1.03 bits per heavy atom. The van der Waals surface area contributed by atoms with Crippen molar-refractivity contribution in [1.82, 2.24) is 19.7 Å². The summed E-state index contributed by atoms with van der Waals surface area (Å²) in [5.41, 5.74) is 1.43. The van der Waals surface area contributed by atoms with Gasteiger partial charge in [0.15, 0.2) is 0 Å². The molecule has 1 aromatic heterocycles. The van der Waals surface area contributed by atoms with Crippen LogP contribution in [0.4, 0.5) is 4.79 Å². The van der Waals surface area contributed by atoms with Gasteiger partial charge in [-0.25, -0.2) is 4.79 Å². The maximum Gasteiger partial charge on any atom is 0.327 e. The van der Waals surface area contributed by atoms with Gasteiger partial charge < -0.3 is 4.90 Å². The molecule has 2 fully saturated rings. The Kier molecular flexibility index (Phi) is 5.61. The van der Waals surface area contributed by atoms with E-state index in [9.17, 15) is 9.59 Å². The van der Waals surface area contributed by atoms with E-state index in [0.29, 0.717) is 12.8 Å². The lowest BCUT2D eigenvalue weighted by molar-refractivity contribution is -0.135. The highest BCUT2D eigenvalue weighted by Gasteiger charge is 2.56. The Morgan fingerprint density at radius 3 is 2.38 bits per heavy atom. The normalized spacial score (nSPS) is 19.4. The van der Waals surface area contributed by atoms with Crippen LogP contribution in [0.25, 0.3) is 0 Å². The van der Waals surface area contributed by atoms with Crippen molar-refractivity contribution in [2.24, 2.45) is 0 Å². The van der Waals surface area contributed by atoms with Gasteiger partial charge >= 0.3 is 6.03 Å². The number of carbonyl (C=O) groups is 2. The lowest BCUT2D eigenvalue weighted by Gasteiger charge is -2.40. The molecule has 0 N–H and O–H groups in total. The molecule has 0 aliphatic carbocycles. The molecule has 1 aromatic carbocycles. The molecule has 3 amide bonds. The average Bonchev–Trinajstić information content (AvgIpc) is 2.93. The molecule has 0 radical (unpaired) electrons. The molecule has 6 nitrogen and oxygen atoms in total. The van der Waals surface area contributed by atoms with Gasteiger partial charge in [0, 0.05) is 44.0 Å². The second-order valence-corrected chi connectivity index (χ2v) is 8.63. The topological polar surface area (TPSA) is 56.8 Å². The van der Waals surface area contributed by atoms with Crippen molar-refractivity contribution in [3.8, 4) is 0 Å². The highest BCUT2D eigenvalue weighted by molar-refractivity contribution is 7.98. The van der Waals surface area contributed by atoms with Crippen LogP contribution in [0.15, 0.2) is 53.7 Å². The van der Waals surface area contributed by atoms with E-state index in [1.807, 2.05) is 12.1 Å². The summed E-state index contributed by atoms with van der Waals surface area (Å²) in [6.07, 6.45) is 6.81. The van der Waals surface area contributed by atoms with Gasteiger partial charge in [0.1, 0.15) is 5.54 Å². The molecule has 2 aliphatic heterocycles. The number of imide groups is 1. The molecular formula is C22H26N4O2S. The first kappa shape index (κ1) is 19.9. The predicted molar refractivity (Wildman–Crippen MR) is 113 cm³/mol. The highest BCUT2D eigenvalue weighted by atomic mass is 32.2. The number of amides is 3. The van der Waals surface area contributed by atoms with E-state index >= 15 is 0 Å². The SMILES string of the molecule is CSc1ccc(CN2CCC3(CC2)C(=O)N(Cc2cccnc2)C(=O)N3C)cc1. The van der Waals surface area contributed by atoms with Crippen molar-refractivity contribution < 1.29 is 9.59 Å². The molecule has 2 aliphatic rings. The fraction of sp³-hybridized carbons (Fsp3) is 0.409. The van der Waals surface area contributed by atoms with Crippen molar-refractivity contribution in [1.29, 1.82) is 0 Å². The van der Waals surface area contributed by atoms with Crippen LogP contribution in [0, 0.1) is 0 Å². The van der Waals surface area contributed by atoms with Crippen molar-refractivity contribution >= 4 is 23.7 Å². The molecule has 0 saturated carbocycles. The number of hydrogen-bond acceptors (Lipinski definition) is 5. The van der Waals surface area contributed by atoms with Gasteiger partial charge in [-0.15, -0.1) is 11.8 Å². The molecule has 2 aromatic rings. The van der Waals surface area contributed by atoms with Crippen LogP contribution in [0.2, 0.25) is 0 Å². The number of nitrogens with zero attached hydrogens (tertiary/aromatic N) is 4. The lowest BCUT2D eigenvalue weighted by atomic mass is 9.86. The smallest absolute Gasteiger partial charge is 0.312 e. The molecule has 0 bridgehead atoms. The summed E-state index contributed by atoms with van der Waals surface area (Å²) < 4.78 is 0. The van der Waals surface area contributed by atoms with Gasteiger partial charge in [0.2, 0.25) is 0 Å². The Morgan fingerprint density at radius 2 is 1.76 bits per heavy atom. The number of piperidine rings is 1. The Hall–Kier alpha value is -2.38. The first-order valence-corrected chi connectivity index (χ1v) is 11.1. The second-order valence-electron chi connectivity index (χ2n) is 7.75. The summed E-state index contributed by atoms with van der Waals surface area (Å²) in [6, 6.07) is 12.1. The van der Waals surface area contributed by atoms with Crippen LogP contribution in [0.5, 0.6) is 0 Å².